The van der Waals surface area contributed by atoms with Gasteiger partial charge in [0.2, 0.25) is 11.8 Å². The summed E-state index contributed by atoms with van der Waals surface area (Å²) in [5.41, 5.74) is 3.15. The number of hydrogen-bond acceptors (Lipinski definition) is 5. The first kappa shape index (κ1) is 31.0. The van der Waals surface area contributed by atoms with E-state index in [1.165, 1.54) is 11.2 Å². The Labute approximate surface area is 252 Å². The van der Waals surface area contributed by atoms with Crippen LogP contribution in [0.4, 0.5) is 4.79 Å². The van der Waals surface area contributed by atoms with Crippen molar-refractivity contribution in [3.63, 3.8) is 0 Å². The second-order valence-corrected chi connectivity index (χ2v) is 11.2. The van der Waals surface area contributed by atoms with Gasteiger partial charge in [0.1, 0.15) is 18.7 Å². The Balaban J connectivity index is 1.51. The van der Waals surface area contributed by atoms with Gasteiger partial charge in [-0.2, -0.15) is 0 Å². The summed E-state index contributed by atoms with van der Waals surface area (Å²) in [5.74, 6) is -0.708. The van der Waals surface area contributed by atoms with E-state index >= 15 is 0 Å². The molecular formula is C34H39N5O4. The number of carbonyl (C=O) groups excluding carboxylic acids is 3. The molecule has 3 amide bonds. The van der Waals surface area contributed by atoms with E-state index in [2.05, 4.69) is 34.4 Å². The highest BCUT2D eigenvalue weighted by Gasteiger charge is 2.34. The third kappa shape index (κ3) is 9.03. The Morgan fingerprint density at radius 3 is 2.09 bits per heavy atom. The molecule has 0 aliphatic carbocycles. The molecule has 9 heteroatoms. The van der Waals surface area contributed by atoms with Gasteiger partial charge >= 0.3 is 6.09 Å². The summed E-state index contributed by atoms with van der Waals surface area (Å²) in [6.07, 6.45) is 2.81. The van der Waals surface area contributed by atoms with Crippen molar-refractivity contribution in [3.8, 4) is 0 Å². The SMILES string of the molecule is CN(C(=O)[C@H](Cc1cnc[nH]1)NC(=O)OCc1ccccc1)[C@H](Cc1ccccc1)C(=O)NCC(C)(C)c1ccccc1. The van der Waals surface area contributed by atoms with Crippen molar-refractivity contribution in [1.29, 1.82) is 0 Å². The third-order valence-electron chi connectivity index (χ3n) is 7.43. The molecular weight excluding hydrogens is 542 g/mol. The Bertz CT molecular complexity index is 1440. The first-order valence-electron chi connectivity index (χ1n) is 14.3. The van der Waals surface area contributed by atoms with Gasteiger partial charge in [0.25, 0.3) is 0 Å². The summed E-state index contributed by atoms with van der Waals surface area (Å²) in [5, 5.41) is 5.79. The molecule has 9 nitrogen and oxygen atoms in total. The molecule has 1 heterocycles. The molecule has 2 atom stereocenters. The zero-order chi connectivity index (χ0) is 30.7. The molecule has 0 radical (unpaired) electrons. The average molecular weight is 582 g/mol. The van der Waals surface area contributed by atoms with E-state index < -0.39 is 24.1 Å². The minimum Gasteiger partial charge on any atom is -0.445 e. The van der Waals surface area contributed by atoms with Crippen LogP contribution in [0.15, 0.2) is 104 Å². The Morgan fingerprint density at radius 2 is 1.49 bits per heavy atom. The zero-order valence-electron chi connectivity index (χ0n) is 24.8. The molecule has 0 fully saturated rings. The van der Waals surface area contributed by atoms with Crippen molar-refractivity contribution in [1.82, 2.24) is 25.5 Å². The number of hydrogen-bond donors (Lipinski definition) is 3. The lowest BCUT2D eigenvalue weighted by Crippen LogP contribution is -2.56. The minimum absolute atomic E-state index is 0.0592. The Kier molecular flexibility index (Phi) is 10.7. The van der Waals surface area contributed by atoms with Gasteiger partial charge in [-0.15, -0.1) is 0 Å². The molecule has 0 aliphatic heterocycles. The van der Waals surface area contributed by atoms with Crippen LogP contribution in [-0.2, 0) is 39.2 Å². The fraction of sp³-hybridized carbons (Fsp3) is 0.294. The predicted octanol–water partition coefficient (Wildman–Crippen LogP) is 4.41. The summed E-state index contributed by atoms with van der Waals surface area (Å²) >= 11 is 0. The first-order valence-corrected chi connectivity index (χ1v) is 14.3. The number of alkyl carbamates (subject to hydrolysis) is 1. The number of ether oxygens (including phenoxy) is 1. The molecule has 0 saturated heterocycles. The maximum Gasteiger partial charge on any atom is 0.408 e. The van der Waals surface area contributed by atoms with E-state index in [0.717, 1.165) is 16.7 Å². The van der Waals surface area contributed by atoms with Gasteiger partial charge in [0.15, 0.2) is 0 Å². The van der Waals surface area contributed by atoms with Crippen molar-refractivity contribution in [2.75, 3.05) is 13.6 Å². The number of benzene rings is 3. The third-order valence-corrected chi connectivity index (χ3v) is 7.43. The van der Waals surface area contributed by atoms with Crippen LogP contribution in [0, 0.1) is 0 Å². The number of nitrogens with one attached hydrogen (secondary N) is 3. The molecule has 0 aliphatic rings. The molecule has 4 rings (SSSR count). The van der Waals surface area contributed by atoms with E-state index in [4.69, 9.17) is 4.74 Å². The molecule has 4 aromatic rings. The Hall–Kier alpha value is -4.92. The molecule has 0 bridgehead atoms. The second kappa shape index (κ2) is 14.8. The van der Waals surface area contributed by atoms with Crippen molar-refractivity contribution < 1.29 is 19.1 Å². The highest BCUT2D eigenvalue weighted by Crippen LogP contribution is 2.22. The predicted molar refractivity (Wildman–Crippen MR) is 165 cm³/mol. The molecule has 0 unspecified atom stereocenters. The fourth-order valence-electron chi connectivity index (χ4n) is 4.78. The van der Waals surface area contributed by atoms with Gasteiger partial charge in [-0.05, 0) is 16.7 Å². The number of imidazole rings is 1. The normalized spacial score (nSPS) is 12.5. The van der Waals surface area contributed by atoms with Crippen LogP contribution in [-0.4, -0.2) is 58.5 Å². The van der Waals surface area contributed by atoms with E-state index in [1.807, 2.05) is 91.0 Å². The first-order chi connectivity index (χ1) is 20.7. The summed E-state index contributed by atoms with van der Waals surface area (Å²) in [6, 6.07) is 27.0. The van der Waals surface area contributed by atoms with Gasteiger partial charge in [-0.3, -0.25) is 9.59 Å². The number of rotatable bonds is 13. The van der Waals surface area contributed by atoms with Crippen LogP contribution < -0.4 is 10.6 Å². The van der Waals surface area contributed by atoms with E-state index in [-0.39, 0.29) is 24.3 Å². The van der Waals surface area contributed by atoms with Crippen molar-refractivity contribution in [2.45, 2.75) is 50.8 Å². The second-order valence-electron chi connectivity index (χ2n) is 11.2. The van der Waals surface area contributed by atoms with Crippen LogP contribution in [0.5, 0.6) is 0 Å². The topological polar surface area (TPSA) is 116 Å². The van der Waals surface area contributed by atoms with Crippen molar-refractivity contribution in [3.05, 3.63) is 126 Å². The molecule has 224 valence electrons. The Morgan fingerprint density at radius 1 is 0.884 bits per heavy atom. The number of carbonyl (C=O) groups is 3. The van der Waals surface area contributed by atoms with Crippen molar-refractivity contribution in [2.24, 2.45) is 0 Å². The van der Waals surface area contributed by atoms with E-state index in [0.29, 0.717) is 18.7 Å². The van der Waals surface area contributed by atoms with Gasteiger partial charge < -0.3 is 25.3 Å². The van der Waals surface area contributed by atoms with E-state index in [1.54, 1.807) is 13.2 Å². The summed E-state index contributed by atoms with van der Waals surface area (Å²) < 4.78 is 5.40. The zero-order valence-corrected chi connectivity index (χ0v) is 24.8. The van der Waals surface area contributed by atoms with E-state index in [9.17, 15) is 14.4 Å². The van der Waals surface area contributed by atoms with Crippen LogP contribution in [0.3, 0.4) is 0 Å². The smallest absolute Gasteiger partial charge is 0.408 e. The molecule has 3 aromatic carbocycles. The van der Waals surface area contributed by atoms with Gasteiger partial charge in [0.05, 0.1) is 6.33 Å². The van der Waals surface area contributed by atoms with Crippen LogP contribution in [0.1, 0.15) is 36.2 Å². The number of aromatic amines is 1. The van der Waals surface area contributed by atoms with Gasteiger partial charge in [-0.1, -0.05) is 105 Å². The molecule has 43 heavy (non-hydrogen) atoms. The monoisotopic (exact) mass is 581 g/mol. The lowest BCUT2D eigenvalue weighted by molar-refractivity contribution is -0.140. The van der Waals surface area contributed by atoms with Gasteiger partial charge in [0, 0.05) is 43.7 Å². The van der Waals surface area contributed by atoms with Gasteiger partial charge in [-0.25, -0.2) is 9.78 Å². The highest BCUT2D eigenvalue weighted by molar-refractivity contribution is 5.91. The number of amides is 3. The summed E-state index contributed by atoms with van der Waals surface area (Å²) in [4.78, 5) is 49.0. The fourth-order valence-corrected chi connectivity index (χ4v) is 4.78. The number of H-pyrrole nitrogens is 1. The molecule has 3 N–H and O–H groups in total. The maximum absolute atomic E-state index is 14.0. The highest BCUT2D eigenvalue weighted by atomic mass is 16.5. The lowest BCUT2D eigenvalue weighted by Gasteiger charge is -2.32. The molecule has 1 aromatic heterocycles. The van der Waals surface area contributed by atoms with Crippen LogP contribution in [0.25, 0.3) is 0 Å². The van der Waals surface area contributed by atoms with Crippen LogP contribution in [0.2, 0.25) is 0 Å². The molecule has 0 saturated carbocycles. The summed E-state index contributed by atoms with van der Waals surface area (Å²) in [7, 11) is 1.59. The van der Waals surface area contributed by atoms with Crippen molar-refractivity contribution >= 4 is 17.9 Å². The summed E-state index contributed by atoms with van der Waals surface area (Å²) in [6.45, 7) is 4.57. The van der Waals surface area contributed by atoms with Crippen LogP contribution >= 0.6 is 0 Å². The quantitative estimate of drug-likeness (QED) is 0.216. The lowest BCUT2D eigenvalue weighted by atomic mass is 9.84. The number of likely N-dealkylation sites (N-methyl/N-ethyl adjacent to an activating group) is 1. The maximum atomic E-state index is 14.0. The molecule has 0 spiro atoms. The number of nitrogens with zero attached hydrogens (tertiary/aromatic N) is 2. The largest absolute Gasteiger partial charge is 0.445 e. The minimum atomic E-state index is -0.999. The standard InChI is InChI=1S/C34H39N5O4/c1-34(2,27-17-11-6-12-18-27)23-36-31(40)30(19-25-13-7-4-8-14-25)39(3)32(41)29(20-28-21-35-24-37-28)38-33(42)43-22-26-15-9-5-10-16-26/h4-18,21,24,29-30H,19-20,22-23H2,1-3H3,(H,35,37)(H,36,40)(H,38,42)/t29-,30+/m0/s1. The average Bonchev–Trinajstić information content (AvgIpc) is 3.55. The number of aromatic nitrogens is 2.